The summed E-state index contributed by atoms with van der Waals surface area (Å²) in [6.45, 7) is 5.43. The quantitative estimate of drug-likeness (QED) is 0.861. The van der Waals surface area contributed by atoms with Crippen LogP contribution in [0.5, 0.6) is 0 Å². The second-order valence-corrected chi connectivity index (χ2v) is 4.84. The van der Waals surface area contributed by atoms with Gasteiger partial charge in [0.1, 0.15) is 0 Å². The Kier molecular flexibility index (Phi) is 3.99. The zero-order chi connectivity index (χ0) is 14.7. The van der Waals surface area contributed by atoms with E-state index < -0.39 is 0 Å². The smallest absolute Gasteiger partial charge is 0.255 e. The Morgan fingerprint density at radius 1 is 0.950 bits per heavy atom. The van der Waals surface area contributed by atoms with Crippen LogP contribution in [0.1, 0.15) is 38.8 Å². The van der Waals surface area contributed by atoms with Crippen LogP contribution in [0.2, 0.25) is 0 Å². The third kappa shape index (κ3) is 2.94. The summed E-state index contributed by atoms with van der Waals surface area (Å²) in [6.07, 6.45) is 0. The molecule has 102 valence electrons. The van der Waals surface area contributed by atoms with Crippen molar-refractivity contribution in [1.29, 1.82) is 0 Å². The van der Waals surface area contributed by atoms with Crippen LogP contribution in [0.15, 0.2) is 42.5 Å². The molecule has 0 aromatic heterocycles. The number of carbonyl (C=O) groups is 2. The third-order valence-corrected chi connectivity index (χ3v) is 3.40. The molecule has 1 N–H and O–H groups in total. The van der Waals surface area contributed by atoms with Gasteiger partial charge >= 0.3 is 0 Å². The SMILES string of the molecule is CC(=O)c1ccc(NC(=O)c2cccc(C)c2C)cc1. The van der Waals surface area contributed by atoms with E-state index in [-0.39, 0.29) is 11.7 Å². The number of nitrogens with one attached hydrogen (secondary N) is 1. The van der Waals surface area contributed by atoms with Crippen molar-refractivity contribution in [2.75, 3.05) is 5.32 Å². The first-order valence-electron chi connectivity index (χ1n) is 6.47. The highest BCUT2D eigenvalue weighted by molar-refractivity contribution is 6.05. The predicted octanol–water partition coefficient (Wildman–Crippen LogP) is 3.76. The number of rotatable bonds is 3. The van der Waals surface area contributed by atoms with Gasteiger partial charge in [0, 0.05) is 16.8 Å². The Bertz CT molecular complexity index is 657. The Hall–Kier alpha value is -2.42. The molecular formula is C17H17NO2. The van der Waals surface area contributed by atoms with E-state index in [1.165, 1.54) is 6.92 Å². The molecule has 0 heterocycles. The zero-order valence-electron chi connectivity index (χ0n) is 11.9. The summed E-state index contributed by atoms with van der Waals surface area (Å²) in [6, 6.07) is 12.5. The molecule has 2 aromatic carbocycles. The van der Waals surface area contributed by atoms with E-state index in [9.17, 15) is 9.59 Å². The van der Waals surface area contributed by atoms with Crippen molar-refractivity contribution in [3.8, 4) is 0 Å². The van der Waals surface area contributed by atoms with Crippen LogP contribution in [0.3, 0.4) is 0 Å². The number of hydrogen-bond acceptors (Lipinski definition) is 2. The van der Waals surface area contributed by atoms with Gasteiger partial charge in [0.05, 0.1) is 0 Å². The topological polar surface area (TPSA) is 46.2 Å². The second kappa shape index (κ2) is 5.70. The van der Waals surface area contributed by atoms with Crippen LogP contribution in [0.25, 0.3) is 0 Å². The second-order valence-electron chi connectivity index (χ2n) is 4.84. The summed E-state index contributed by atoms with van der Waals surface area (Å²) in [5.41, 5.74) is 4.05. The maximum absolute atomic E-state index is 12.2. The summed E-state index contributed by atoms with van der Waals surface area (Å²) in [7, 11) is 0. The van der Waals surface area contributed by atoms with Crippen LogP contribution in [0, 0.1) is 13.8 Å². The van der Waals surface area contributed by atoms with Crippen molar-refractivity contribution in [3.63, 3.8) is 0 Å². The van der Waals surface area contributed by atoms with Gasteiger partial charge in [-0.2, -0.15) is 0 Å². The van der Waals surface area contributed by atoms with E-state index in [0.29, 0.717) is 16.8 Å². The van der Waals surface area contributed by atoms with Crippen LogP contribution >= 0.6 is 0 Å². The van der Waals surface area contributed by atoms with Crippen molar-refractivity contribution in [2.45, 2.75) is 20.8 Å². The molecule has 0 atom stereocenters. The number of ketones is 1. The molecule has 0 radical (unpaired) electrons. The Labute approximate surface area is 118 Å². The summed E-state index contributed by atoms with van der Waals surface area (Å²) >= 11 is 0. The number of aryl methyl sites for hydroxylation is 1. The summed E-state index contributed by atoms with van der Waals surface area (Å²) < 4.78 is 0. The number of anilines is 1. The molecule has 0 aliphatic carbocycles. The first-order chi connectivity index (χ1) is 9.49. The van der Waals surface area contributed by atoms with E-state index in [0.717, 1.165) is 11.1 Å². The third-order valence-electron chi connectivity index (χ3n) is 3.40. The monoisotopic (exact) mass is 267 g/mol. The maximum atomic E-state index is 12.2. The molecule has 2 rings (SSSR count). The van der Waals surface area contributed by atoms with Gasteiger partial charge in [-0.05, 0) is 62.2 Å². The van der Waals surface area contributed by atoms with E-state index >= 15 is 0 Å². The lowest BCUT2D eigenvalue weighted by molar-refractivity contribution is 0.101. The van der Waals surface area contributed by atoms with Crippen LogP contribution in [-0.2, 0) is 0 Å². The Balaban J connectivity index is 2.19. The predicted molar refractivity (Wildman–Crippen MR) is 80.3 cm³/mol. The molecule has 20 heavy (non-hydrogen) atoms. The fourth-order valence-electron chi connectivity index (χ4n) is 1.98. The molecule has 3 nitrogen and oxygen atoms in total. The lowest BCUT2D eigenvalue weighted by Gasteiger charge is -2.09. The molecule has 1 amide bonds. The highest BCUT2D eigenvalue weighted by Crippen LogP contribution is 2.16. The van der Waals surface area contributed by atoms with Gasteiger partial charge in [-0.25, -0.2) is 0 Å². The Morgan fingerprint density at radius 3 is 2.20 bits per heavy atom. The number of benzene rings is 2. The first kappa shape index (κ1) is 14.0. The van der Waals surface area contributed by atoms with Crippen molar-refractivity contribution in [2.24, 2.45) is 0 Å². The maximum Gasteiger partial charge on any atom is 0.255 e. The average molecular weight is 267 g/mol. The first-order valence-corrected chi connectivity index (χ1v) is 6.47. The average Bonchev–Trinajstić information content (AvgIpc) is 2.42. The van der Waals surface area contributed by atoms with Gasteiger partial charge < -0.3 is 5.32 Å². The van der Waals surface area contributed by atoms with Gasteiger partial charge in [-0.3, -0.25) is 9.59 Å². The summed E-state index contributed by atoms with van der Waals surface area (Å²) in [4.78, 5) is 23.4. The molecule has 0 aliphatic heterocycles. The van der Waals surface area contributed by atoms with Gasteiger partial charge in [0.15, 0.2) is 5.78 Å². The highest BCUT2D eigenvalue weighted by atomic mass is 16.1. The van der Waals surface area contributed by atoms with Crippen molar-refractivity contribution in [3.05, 3.63) is 64.7 Å². The van der Waals surface area contributed by atoms with Gasteiger partial charge in [-0.1, -0.05) is 12.1 Å². The molecular weight excluding hydrogens is 250 g/mol. The van der Waals surface area contributed by atoms with Crippen LogP contribution in [-0.4, -0.2) is 11.7 Å². The van der Waals surface area contributed by atoms with Crippen molar-refractivity contribution in [1.82, 2.24) is 0 Å². The van der Waals surface area contributed by atoms with Gasteiger partial charge in [0.25, 0.3) is 5.91 Å². The lowest BCUT2D eigenvalue weighted by atomic mass is 10.0. The zero-order valence-corrected chi connectivity index (χ0v) is 11.9. The van der Waals surface area contributed by atoms with Gasteiger partial charge in [-0.15, -0.1) is 0 Å². The summed E-state index contributed by atoms with van der Waals surface area (Å²) in [5.74, 6) is -0.126. The number of Topliss-reactive ketones (excluding diaryl/α,β-unsaturated/α-hetero) is 1. The van der Waals surface area contributed by atoms with E-state index in [1.807, 2.05) is 32.0 Å². The largest absolute Gasteiger partial charge is 0.322 e. The molecule has 0 bridgehead atoms. The molecule has 0 fully saturated rings. The highest BCUT2D eigenvalue weighted by Gasteiger charge is 2.10. The van der Waals surface area contributed by atoms with Crippen molar-refractivity contribution >= 4 is 17.4 Å². The molecule has 2 aromatic rings. The van der Waals surface area contributed by atoms with Gasteiger partial charge in [0.2, 0.25) is 0 Å². The van der Waals surface area contributed by atoms with Crippen LogP contribution in [0.4, 0.5) is 5.69 Å². The van der Waals surface area contributed by atoms with E-state index in [4.69, 9.17) is 0 Å². The van der Waals surface area contributed by atoms with Crippen molar-refractivity contribution < 1.29 is 9.59 Å². The molecule has 0 unspecified atom stereocenters. The molecule has 0 spiro atoms. The molecule has 3 heteroatoms. The summed E-state index contributed by atoms with van der Waals surface area (Å²) in [5, 5.41) is 2.84. The minimum Gasteiger partial charge on any atom is -0.322 e. The number of hydrogen-bond donors (Lipinski definition) is 1. The Morgan fingerprint density at radius 2 is 1.60 bits per heavy atom. The van der Waals surface area contributed by atoms with Crippen LogP contribution < -0.4 is 5.32 Å². The standard InChI is InChI=1S/C17H17NO2/c1-11-5-4-6-16(12(11)2)17(20)18-15-9-7-14(8-10-15)13(3)19/h4-10H,1-3H3,(H,18,20). The normalized spacial score (nSPS) is 10.2. The van der Waals surface area contributed by atoms with E-state index in [2.05, 4.69) is 5.32 Å². The lowest BCUT2D eigenvalue weighted by Crippen LogP contribution is -2.13. The minimum absolute atomic E-state index is 0.0115. The fraction of sp³-hybridized carbons (Fsp3) is 0.176. The van der Waals surface area contributed by atoms with E-state index in [1.54, 1.807) is 24.3 Å². The minimum atomic E-state index is -0.137. The molecule has 0 aliphatic rings. The fourth-order valence-corrected chi connectivity index (χ4v) is 1.98. The molecule has 0 saturated carbocycles. The number of amides is 1. The molecule has 0 saturated heterocycles. The number of carbonyl (C=O) groups excluding carboxylic acids is 2.